The monoisotopic (exact) mass is 321 g/mol. The molecule has 0 saturated carbocycles. The molecule has 2 heterocycles. The number of carbonyl (C=O) groups is 1. The molecule has 6 heteroatoms. The van der Waals surface area contributed by atoms with Gasteiger partial charge in [-0.25, -0.2) is 0 Å². The molecule has 0 saturated heterocycles. The Hall–Kier alpha value is -1.66. The van der Waals surface area contributed by atoms with Crippen LogP contribution >= 0.6 is 11.3 Å². The number of aryl methyl sites for hydroxylation is 2. The molecule has 0 fully saturated rings. The van der Waals surface area contributed by atoms with E-state index in [1.165, 1.54) is 10.4 Å². The van der Waals surface area contributed by atoms with E-state index in [4.69, 9.17) is 4.52 Å². The summed E-state index contributed by atoms with van der Waals surface area (Å²) in [7, 11) is 4.04. The Labute approximate surface area is 135 Å². The zero-order chi connectivity index (χ0) is 16.1. The van der Waals surface area contributed by atoms with Crippen LogP contribution in [0.3, 0.4) is 0 Å². The van der Waals surface area contributed by atoms with Crippen molar-refractivity contribution >= 4 is 17.2 Å². The van der Waals surface area contributed by atoms with Crippen LogP contribution in [0.25, 0.3) is 0 Å². The van der Waals surface area contributed by atoms with Crippen LogP contribution in [0.4, 0.5) is 0 Å². The van der Waals surface area contributed by atoms with E-state index in [-0.39, 0.29) is 11.9 Å². The summed E-state index contributed by atoms with van der Waals surface area (Å²) >= 11 is 1.72. The maximum atomic E-state index is 12.2. The molecule has 2 rings (SSSR count). The number of hydrogen-bond donors (Lipinski definition) is 1. The summed E-state index contributed by atoms with van der Waals surface area (Å²) in [5, 5.41) is 8.88. The molecule has 2 aromatic rings. The van der Waals surface area contributed by atoms with Gasteiger partial charge in [0.2, 0.25) is 0 Å². The van der Waals surface area contributed by atoms with E-state index in [1.807, 2.05) is 14.1 Å². The van der Waals surface area contributed by atoms with Crippen LogP contribution in [0.15, 0.2) is 22.0 Å². The van der Waals surface area contributed by atoms with Crippen LogP contribution in [-0.2, 0) is 6.42 Å². The van der Waals surface area contributed by atoms with Crippen LogP contribution in [0.5, 0.6) is 0 Å². The third kappa shape index (κ3) is 3.96. The number of amides is 1. The summed E-state index contributed by atoms with van der Waals surface area (Å²) in [4.78, 5) is 15.6. The van der Waals surface area contributed by atoms with Crippen molar-refractivity contribution in [1.29, 1.82) is 0 Å². The van der Waals surface area contributed by atoms with Crippen LogP contribution in [0.2, 0.25) is 0 Å². The molecule has 0 bridgehead atoms. The van der Waals surface area contributed by atoms with Crippen molar-refractivity contribution in [3.8, 4) is 0 Å². The molecule has 1 atom stereocenters. The second-order valence-corrected chi connectivity index (χ2v) is 6.53. The first-order valence-electron chi connectivity index (χ1n) is 7.47. The maximum absolute atomic E-state index is 12.2. The number of rotatable bonds is 7. The van der Waals surface area contributed by atoms with Gasteiger partial charge >= 0.3 is 0 Å². The van der Waals surface area contributed by atoms with Gasteiger partial charge in [0.25, 0.3) is 5.91 Å². The van der Waals surface area contributed by atoms with Crippen LogP contribution < -0.4 is 5.32 Å². The van der Waals surface area contributed by atoms with E-state index in [2.05, 4.69) is 40.7 Å². The fourth-order valence-electron chi connectivity index (χ4n) is 2.30. The largest absolute Gasteiger partial charge is 0.361 e. The van der Waals surface area contributed by atoms with E-state index in [9.17, 15) is 4.79 Å². The van der Waals surface area contributed by atoms with E-state index < -0.39 is 0 Å². The summed E-state index contributed by atoms with van der Waals surface area (Å²) in [6, 6.07) is 3.98. The van der Waals surface area contributed by atoms with Gasteiger partial charge in [-0.1, -0.05) is 12.1 Å². The van der Waals surface area contributed by atoms with Crippen molar-refractivity contribution in [2.24, 2.45) is 0 Å². The Balaban J connectivity index is 2.00. The predicted octanol–water partition coefficient (Wildman–Crippen LogP) is 3.03. The zero-order valence-electron chi connectivity index (χ0n) is 13.5. The third-order valence-corrected chi connectivity index (χ3v) is 4.69. The highest BCUT2D eigenvalue weighted by Crippen LogP contribution is 2.26. The first kappa shape index (κ1) is 16.7. The average molecular weight is 321 g/mol. The van der Waals surface area contributed by atoms with Gasteiger partial charge in [-0.15, -0.1) is 11.3 Å². The molecular weight excluding hydrogens is 298 g/mol. The van der Waals surface area contributed by atoms with Crippen molar-refractivity contribution in [3.05, 3.63) is 39.4 Å². The molecule has 22 heavy (non-hydrogen) atoms. The van der Waals surface area contributed by atoms with Crippen LogP contribution in [-0.4, -0.2) is 36.6 Å². The van der Waals surface area contributed by atoms with Crippen molar-refractivity contribution in [2.75, 3.05) is 20.6 Å². The van der Waals surface area contributed by atoms with E-state index in [0.29, 0.717) is 12.2 Å². The molecule has 0 aliphatic heterocycles. The Morgan fingerprint density at radius 1 is 1.50 bits per heavy atom. The standard InChI is InChI=1S/C16H23N3O2S/c1-5-6-12-9-13(18-21-12)16(20)17-10-14(19(3)4)15-11(2)7-8-22-15/h7-9,14H,5-6,10H2,1-4H3,(H,17,20)/t14-/m1/s1. The van der Waals surface area contributed by atoms with Crippen molar-refractivity contribution in [3.63, 3.8) is 0 Å². The number of nitrogens with zero attached hydrogens (tertiary/aromatic N) is 2. The van der Waals surface area contributed by atoms with Gasteiger partial charge in [-0.3, -0.25) is 4.79 Å². The Kier molecular flexibility index (Phi) is 5.74. The molecule has 1 amide bonds. The first-order valence-corrected chi connectivity index (χ1v) is 8.35. The van der Waals surface area contributed by atoms with Crippen molar-refractivity contribution in [2.45, 2.75) is 32.7 Å². The number of hydrogen-bond acceptors (Lipinski definition) is 5. The fourth-order valence-corrected chi connectivity index (χ4v) is 3.42. The quantitative estimate of drug-likeness (QED) is 0.851. The van der Waals surface area contributed by atoms with Gasteiger partial charge in [0.15, 0.2) is 5.69 Å². The molecule has 0 aliphatic carbocycles. The second-order valence-electron chi connectivity index (χ2n) is 5.59. The summed E-state index contributed by atoms with van der Waals surface area (Å²) in [5.41, 5.74) is 1.61. The van der Waals surface area contributed by atoms with Gasteiger partial charge in [0.1, 0.15) is 5.76 Å². The minimum absolute atomic E-state index is 0.158. The van der Waals surface area contributed by atoms with Crippen molar-refractivity contribution < 1.29 is 9.32 Å². The van der Waals surface area contributed by atoms with E-state index in [1.54, 1.807) is 17.4 Å². The fraction of sp³-hybridized carbons (Fsp3) is 0.500. The number of carbonyl (C=O) groups excluding carboxylic acids is 1. The Bertz CT molecular complexity index is 618. The minimum atomic E-state index is -0.188. The molecule has 0 unspecified atom stereocenters. The lowest BCUT2D eigenvalue weighted by Crippen LogP contribution is -2.34. The number of thiophene rings is 1. The van der Waals surface area contributed by atoms with Gasteiger partial charge < -0.3 is 14.7 Å². The summed E-state index contributed by atoms with van der Waals surface area (Å²) in [5.74, 6) is 0.568. The van der Waals surface area contributed by atoms with Gasteiger partial charge in [-0.05, 0) is 44.4 Å². The lowest BCUT2D eigenvalue weighted by Gasteiger charge is -2.24. The Morgan fingerprint density at radius 3 is 2.86 bits per heavy atom. The van der Waals surface area contributed by atoms with Gasteiger partial charge in [-0.2, -0.15) is 0 Å². The maximum Gasteiger partial charge on any atom is 0.273 e. The normalized spacial score (nSPS) is 12.6. The highest BCUT2D eigenvalue weighted by molar-refractivity contribution is 7.10. The number of nitrogens with one attached hydrogen (secondary N) is 1. The highest BCUT2D eigenvalue weighted by Gasteiger charge is 2.20. The van der Waals surface area contributed by atoms with Crippen LogP contribution in [0.1, 0.15) is 46.1 Å². The smallest absolute Gasteiger partial charge is 0.273 e. The predicted molar refractivity (Wildman–Crippen MR) is 88.3 cm³/mol. The summed E-state index contributed by atoms with van der Waals surface area (Å²) in [6.45, 7) is 4.70. The zero-order valence-corrected chi connectivity index (χ0v) is 14.4. The summed E-state index contributed by atoms with van der Waals surface area (Å²) in [6.07, 6.45) is 1.77. The van der Waals surface area contributed by atoms with Crippen molar-refractivity contribution in [1.82, 2.24) is 15.4 Å². The van der Waals surface area contributed by atoms with Gasteiger partial charge in [0.05, 0.1) is 6.04 Å². The molecule has 0 spiro atoms. The summed E-state index contributed by atoms with van der Waals surface area (Å²) < 4.78 is 5.15. The molecule has 120 valence electrons. The molecule has 1 N–H and O–H groups in total. The molecule has 2 aromatic heterocycles. The molecular formula is C16H23N3O2S. The van der Waals surface area contributed by atoms with Crippen LogP contribution in [0, 0.1) is 6.92 Å². The van der Waals surface area contributed by atoms with Gasteiger partial charge in [0, 0.05) is 23.9 Å². The Morgan fingerprint density at radius 2 is 2.27 bits per heavy atom. The SMILES string of the molecule is CCCc1cc(C(=O)NC[C@H](c2sccc2C)N(C)C)no1. The number of likely N-dealkylation sites (N-methyl/N-ethyl adjacent to an activating group) is 1. The first-order chi connectivity index (χ1) is 10.5. The lowest BCUT2D eigenvalue weighted by atomic mass is 10.1. The van der Waals surface area contributed by atoms with E-state index >= 15 is 0 Å². The number of aromatic nitrogens is 1. The lowest BCUT2D eigenvalue weighted by molar-refractivity contribution is 0.0933. The third-order valence-electron chi connectivity index (χ3n) is 3.57. The molecule has 0 radical (unpaired) electrons. The van der Waals surface area contributed by atoms with E-state index in [0.717, 1.165) is 18.6 Å². The highest BCUT2D eigenvalue weighted by atomic mass is 32.1. The molecule has 0 aromatic carbocycles. The minimum Gasteiger partial charge on any atom is -0.361 e. The molecule has 5 nitrogen and oxygen atoms in total. The average Bonchev–Trinajstić information content (AvgIpc) is 3.09. The second kappa shape index (κ2) is 7.56. The topological polar surface area (TPSA) is 58.4 Å². The molecule has 0 aliphatic rings.